The molecule has 1 aromatic carbocycles. The summed E-state index contributed by atoms with van der Waals surface area (Å²) in [6.07, 6.45) is 19.6. The van der Waals surface area contributed by atoms with E-state index in [0.29, 0.717) is 4.90 Å². The van der Waals surface area contributed by atoms with Crippen molar-refractivity contribution < 1.29 is 11.6 Å². The Morgan fingerprint density at radius 1 is 0.556 bits per heavy atom. The van der Waals surface area contributed by atoms with Crippen LogP contribution in [0.4, 0.5) is 0 Å². The molecule has 0 fully saturated rings. The van der Waals surface area contributed by atoms with Gasteiger partial charge in [0, 0.05) is 0 Å². The minimum atomic E-state index is -3.77. The zero-order chi connectivity index (χ0) is 26.8. The van der Waals surface area contributed by atoms with Gasteiger partial charge in [-0.2, -0.15) is 0 Å². The normalized spacial score (nSPS) is 13.5. The van der Waals surface area contributed by atoms with E-state index in [9.17, 15) is 8.42 Å². The van der Waals surface area contributed by atoms with Gasteiger partial charge in [0.2, 0.25) is 0 Å². The van der Waals surface area contributed by atoms with E-state index >= 15 is 0 Å². The van der Waals surface area contributed by atoms with Gasteiger partial charge in [0.25, 0.3) is 0 Å². The predicted molar refractivity (Wildman–Crippen MR) is 161 cm³/mol. The summed E-state index contributed by atoms with van der Waals surface area (Å²) in [5.74, 6) is 0. The van der Waals surface area contributed by atoms with Gasteiger partial charge < -0.3 is 0 Å². The van der Waals surface area contributed by atoms with Gasteiger partial charge in [-0.1, -0.05) is 0 Å². The minimum absolute atomic E-state index is 0.341. The van der Waals surface area contributed by atoms with Crippen molar-refractivity contribution in [3.05, 3.63) is 29.8 Å². The predicted octanol–water partition coefficient (Wildman–Crippen LogP) is 10.9. The number of hydrogen-bond acceptors (Lipinski definition) is 3. The summed E-state index contributed by atoms with van der Waals surface area (Å²) in [4.78, 5) is 0.341. The van der Waals surface area contributed by atoms with Crippen LogP contribution in [0.3, 0.4) is 0 Å². The molecule has 0 aliphatic rings. The molecule has 1 aromatic rings. The second-order valence-electron chi connectivity index (χ2n) is 11.3. The SMILES string of the molecule is CCCCCCCCCCCC[As](CCCC)(CCCC)(CCCC)OS(=O)(=O)c1ccc(C)cc1. The molecule has 0 atom stereocenters. The molecule has 1 rings (SSSR count). The molecular formula is C31H59AsO3S. The van der Waals surface area contributed by atoms with Crippen molar-refractivity contribution in [3.8, 4) is 0 Å². The van der Waals surface area contributed by atoms with E-state index in [1.165, 1.54) is 57.8 Å². The molecule has 0 saturated carbocycles. The van der Waals surface area contributed by atoms with Gasteiger partial charge >= 0.3 is 227 Å². The molecular weight excluding hydrogens is 527 g/mol. The fourth-order valence-electron chi connectivity index (χ4n) is 5.52. The first kappa shape index (κ1) is 33.7. The summed E-state index contributed by atoms with van der Waals surface area (Å²) in [5, 5.41) is 4.06. The monoisotopic (exact) mass is 586 g/mol. The first-order valence-corrected chi connectivity index (χ1v) is 22.8. The summed E-state index contributed by atoms with van der Waals surface area (Å²) >= 11 is -3.64. The third-order valence-electron chi connectivity index (χ3n) is 7.93. The Hall–Kier alpha value is -0.312. The van der Waals surface area contributed by atoms with Crippen LogP contribution in [0.2, 0.25) is 20.8 Å². The van der Waals surface area contributed by atoms with Crippen LogP contribution in [-0.4, -0.2) is 21.2 Å². The van der Waals surface area contributed by atoms with Crippen molar-refractivity contribution in [3.63, 3.8) is 0 Å². The van der Waals surface area contributed by atoms with Gasteiger partial charge in [-0.05, 0) is 0 Å². The molecule has 3 nitrogen and oxygen atoms in total. The van der Waals surface area contributed by atoms with Gasteiger partial charge in [0.15, 0.2) is 0 Å². The first-order chi connectivity index (χ1) is 17.3. The second-order valence-corrected chi connectivity index (χ2v) is 25.4. The van der Waals surface area contributed by atoms with E-state index in [0.717, 1.165) is 71.3 Å². The van der Waals surface area contributed by atoms with Gasteiger partial charge in [0.1, 0.15) is 0 Å². The quantitative estimate of drug-likeness (QED) is 0.0946. The zero-order valence-electron chi connectivity index (χ0n) is 24.5. The van der Waals surface area contributed by atoms with Crippen LogP contribution in [0, 0.1) is 6.92 Å². The fraction of sp³-hybridized carbons (Fsp3) is 0.806. The molecule has 0 heterocycles. The number of aryl methyl sites for hydroxylation is 1. The van der Waals surface area contributed by atoms with Gasteiger partial charge in [-0.15, -0.1) is 0 Å². The van der Waals surface area contributed by atoms with Gasteiger partial charge in [-0.25, -0.2) is 0 Å². The van der Waals surface area contributed by atoms with E-state index < -0.39 is 22.9 Å². The van der Waals surface area contributed by atoms with Gasteiger partial charge in [-0.3, -0.25) is 0 Å². The Balaban J connectivity index is 3.06. The third-order valence-corrected chi connectivity index (χ3v) is 25.4. The Labute approximate surface area is 226 Å². The molecule has 0 spiro atoms. The number of rotatable bonds is 23. The van der Waals surface area contributed by atoms with E-state index in [2.05, 4.69) is 27.7 Å². The standard InChI is InChI=1S/C31H59AsO3S/c1-6-10-14-15-16-17-18-19-20-21-29-32(26-11-7-2,27-12-8-3,28-13-9-4)35-36(33,34)31-24-22-30(5)23-25-31/h22-25H,6-21,26-29H2,1-5H3. The van der Waals surface area contributed by atoms with Crippen LogP contribution in [0.15, 0.2) is 29.2 Å². The maximum atomic E-state index is 13.8. The summed E-state index contributed by atoms with van der Waals surface area (Å²) < 4.78 is 34.3. The Bertz CT molecular complexity index is 764. The average molecular weight is 587 g/mol. The summed E-state index contributed by atoms with van der Waals surface area (Å²) in [5.41, 5.74) is 1.07. The van der Waals surface area contributed by atoms with Crippen LogP contribution < -0.4 is 0 Å². The fourth-order valence-corrected chi connectivity index (χ4v) is 24.8. The number of unbranched alkanes of at least 4 members (excludes halogenated alkanes) is 12. The first-order valence-electron chi connectivity index (χ1n) is 15.3. The van der Waals surface area contributed by atoms with Crippen molar-refractivity contribution in [1.29, 1.82) is 0 Å². The van der Waals surface area contributed by atoms with Crippen molar-refractivity contribution in [2.75, 3.05) is 0 Å². The van der Waals surface area contributed by atoms with E-state index in [1.54, 1.807) is 12.1 Å². The summed E-state index contributed by atoms with van der Waals surface area (Å²) in [7, 11) is -3.77. The summed E-state index contributed by atoms with van der Waals surface area (Å²) in [6, 6.07) is 7.26. The molecule has 0 aromatic heterocycles. The van der Waals surface area contributed by atoms with E-state index in [4.69, 9.17) is 3.17 Å². The second kappa shape index (κ2) is 18.1. The summed E-state index contributed by atoms with van der Waals surface area (Å²) in [6.45, 7) is 11.0. The van der Waals surface area contributed by atoms with Crippen molar-refractivity contribution in [2.45, 2.75) is 163 Å². The Morgan fingerprint density at radius 2 is 0.917 bits per heavy atom. The van der Waals surface area contributed by atoms with Crippen LogP contribution in [0.25, 0.3) is 0 Å². The van der Waals surface area contributed by atoms with Crippen molar-refractivity contribution in [1.82, 2.24) is 0 Å². The maximum absolute atomic E-state index is 13.8. The zero-order valence-corrected chi connectivity index (χ0v) is 27.2. The van der Waals surface area contributed by atoms with Crippen molar-refractivity contribution in [2.24, 2.45) is 0 Å². The Kier molecular flexibility index (Phi) is 16.9. The molecule has 0 aliphatic heterocycles. The number of benzene rings is 1. The molecule has 0 saturated heterocycles. The van der Waals surface area contributed by atoms with Crippen LogP contribution in [0.1, 0.15) is 136 Å². The third kappa shape index (κ3) is 12.0. The van der Waals surface area contributed by atoms with Gasteiger partial charge in [0.05, 0.1) is 0 Å². The van der Waals surface area contributed by atoms with Crippen LogP contribution in [0.5, 0.6) is 0 Å². The Morgan fingerprint density at radius 3 is 1.33 bits per heavy atom. The molecule has 5 heteroatoms. The molecule has 0 N–H and O–H groups in total. The average Bonchev–Trinajstić information content (AvgIpc) is 2.86. The number of hydrogen-bond donors (Lipinski definition) is 0. The molecule has 0 amide bonds. The molecule has 0 aliphatic carbocycles. The topological polar surface area (TPSA) is 43.4 Å². The van der Waals surface area contributed by atoms with E-state index in [1.807, 2.05) is 19.1 Å². The van der Waals surface area contributed by atoms with Crippen LogP contribution in [-0.2, 0) is 13.3 Å². The molecule has 0 radical (unpaired) electrons. The molecule has 0 bridgehead atoms. The van der Waals surface area contributed by atoms with Crippen molar-refractivity contribution >= 4 is 22.9 Å². The molecule has 0 unspecified atom stereocenters. The van der Waals surface area contributed by atoms with Crippen LogP contribution >= 0.6 is 0 Å². The molecule has 36 heavy (non-hydrogen) atoms. The molecule has 212 valence electrons. The van der Waals surface area contributed by atoms with E-state index in [-0.39, 0.29) is 0 Å².